The number of halogens is 1. The predicted octanol–water partition coefficient (Wildman–Crippen LogP) is 3.76. The summed E-state index contributed by atoms with van der Waals surface area (Å²) in [5.74, 6) is -0.642. The first kappa shape index (κ1) is 18.1. The summed E-state index contributed by atoms with van der Waals surface area (Å²) in [7, 11) is 0. The summed E-state index contributed by atoms with van der Waals surface area (Å²) in [6.07, 6.45) is 1.36. The fraction of sp³-hybridized carbons (Fsp3) is 0.294. The number of esters is 1. The van der Waals surface area contributed by atoms with Crippen molar-refractivity contribution in [1.29, 1.82) is 0 Å². The molecule has 0 aliphatic rings. The Morgan fingerprint density at radius 1 is 1.12 bits per heavy atom. The smallest absolute Gasteiger partial charge is 0.339 e. The van der Waals surface area contributed by atoms with E-state index in [1.807, 2.05) is 0 Å². The van der Waals surface area contributed by atoms with Crippen molar-refractivity contribution in [3.8, 4) is 0 Å². The second kappa shape index (κ2) is 7.09. The average molecular weight is 392 g/mol. The number of nitrogens with zero attached hydrogens (tertiary/aromatic N) is 2. The molecule has 0 saturated heterocycles. The van der Waals surface area contributed by atoms with Crippen LogP contribution in [0.2, 0.25) is 0 Å². The van der Waals surface area contributed by atoms with Gasteiger partial charge in [0.25, 0.3) is 5.91 Å². The Labute approximate surface area is 148 Å². The number of aryl methyl sites for hydroxylation is 1. The van der Waals surface area contributed by atoms with Crippen LogP contribution in [0.5, 0.6) is 0 Å². The van der Waals surface area contributed by atoms with Crippen LogP contribution >= 0.6 is 15.9 Å². The van der Waals surface area contributed by atoms with Crippen LogP contribution in [0, 0.1) is 6.92 Å². The van der Waals surface area contributed by atoms with Gasteiger partial charge in [0, 0.05) is 16.2 Å². The summed E-state index contributed by atoms with van der Waals surface area (Å²) in [6.45, 7) is 7.11. The molecule has 0 fully saturated rings. The zero-order valence-electron chi connectivity index (χ0n) is 13.9. The first-order chi connectivity index (χ1) is 11.2. The number of hydrogen-bond donors (Lipinski definition) is 1. The van der Waals surface area contributed by atoms with Crippen LogP contribution < -0.4 is 5.32 Å². The quantitative estimate of drug-likeness (QED) is 0.805. The SMILES string of the molecule is Cc1cc(NC(=O)c2cc(Br)ccc2C(=O)OC(C)(C)C)ncn1. The van der Waals surface area contributed by atoms with Gasteiger partial charge in [-0.1, -0.05) is 15.9 Å². The minimum Gasteiger partial charge on any atom is -0.456 e. The van der Waals surface area contributed by atoms with E-state index in [0.29, 0.717) is 10.3 Å². The highest BCUT2D eigenvalue weighted by atomic mass is 79.9. The van der Waals surface area contributed by atoms with Crippen molar-refractivity contribution < 1.29 is 14.3 Å². The third-order valence-electron chi connectivity index (χ3n) is 2.89. The van der Waals surface area contributed by atoms with Crippen molar-refractivity contribution >= 4 is 33.6 Å². The monoisotopic (exact) mass is 391 g/mol. The number of nitrogens with one attached hydrogen (secondary N) is 1. The largest absolute Gasteiger partial charge is 0.456 e. The van der Waals surface area contributed by atoms with E-state index < -0.39 is 17.5 Å². The zero-order chi connectivity index (χ0) is 17.9. The van der Waals surface area contributed by atoms with Gasteiger partial charge in [-0.15, -0.1) is 0 Å². The Kier molecular flexibility index (Phi) is 5.33. The molecule has 0 spiro atoms. The lowest BCUT2D eigenvalue weighted by Gasteiger charge is -2.20. The topological polar surface area (TPSA) is 81.2 Å². The van der Waals surface area contributed by atoms with Crippen molar-refractivity contribution in [2.24, 2.45) is 0 Å². The summed E-state index contributed by atoms with van der Waals surface area (Å²) in [6, 6.07) is 6.45. The molecule has 7 heteroatoms. The third-order valence-corrected chi connectivity index (χ3v) is 3.38. The summed E-state index contributed by atoms with van der Waals surface area (Å²) in [4.78, 5) is 32.9. The molecule has 0 atom stereocenters. The Balaban J connectivity index is 2.33. The number of hydrogen-bond acceptors (Lipinski definition) is 5. The van der Waals surface area contributed by atoms with E-state index in [-0.39, 0.29) is 11.1 Å². The predicted molar refractivity (Wildman–Crippen MR) is 94.0 cm³/mol. The number of rotatable bonds is 3. The fourth-order valence-corrected chi connectivity index (χ4v) is 2.28. The molecular weight excluding hydrogens is 374 g/mol. The van der Waals surface area contributed by atoms with Gasteiger partial charge in [-0.3, -0.25) is 4.79 Å². The lowest BCUT2D eigenvalue weighted by atomic mass is 10.1. The molecule has 126 valence electrons. The minimum absolute atomic E-state index is 0.191. The maximum atomic E-state index is 12.6. The molecule has 0 aliphatic heterocycles. The summed E-state index contributed by atoms with van der Waals surface area (Å²) < 4.78 is 6.04. The second-order valence-electron chi connectivity index (χ2n) is 6.19. The molecule has 0 aliphatic carbocycles. The Morgan fingerprint density at radius 3 is 2.46 bits per heavy atom. The normalized spacial score (nSPS) is 11.0. The van der Waals surface area contributed by atoms with Gasteiger partial charge in [-0.2, -0.15) is 0 Å². The molecule has 0 saturated carbocycles. The number of ether oxygens (including phenoxy) is 1. The van der Waals surface area contributed by atoms with Gasteiger partial charge in [0.2, 0.25) is 0 Å². The standard InChI is InChI=1S/C17H18BrN3O3/c1-10-7-14(20-9-19-10)21-15(22)13-8-11(18)5-6-12(13)16(23)24-17(2,3)4/h5-9H,1-4H3,(H,19,20,21,22). The lowest BCUT2D eigenvalue weighted by molar-refractivity contribution is 0.00678. The van der Waals surface area contributed by atoms with Crippen LogP contribution in [-0.2, 0) is 4.74 Å². The van der Waals surface area contributed by atoms with Crippen LogP contribution in [0.4, 0.5) is 5.82 Å². The lowest BCUT2D eigenvalue weighted by Crippen LogP contribution is -2.26. The summed E-state index contributed by atoms with van der Waals surface area (Å²) in [5, 5.41) is 2.67. The van der Waals surface area contributed by atoms with Gasteiger partial charge >= 0.3 is 5.97 Å². The van der Waals surface area contributed by atoms with E-state index in [9.17, 15) is 9.59 Å². The van der Waals surface area contributed by atoms with E-state index in [1.165, 1.54) is 6.33 Å². The fourth-order valence-electron chi connectivity index (χ4n) is 1.92. The van der Waals surface area contributed by atoms with Crippen LogP contribution in [0.3, 0.4) is 0 Å². The van der Waals surface area contributed by atoms with Gasteiger partial charge in [0.1, 0.15) is 17.7 Å². The van der Waals surface area contributed by atoms with E-state index in [1.54, 1.807) is 52.0 Å². The molecule has 6 nitrogen and oxygen atoms in total. The molecular formula is C17H18BrN3O3. The molecule has 1 aromatic heterocycles. The van der Waals surface area contributed by atoms with E-state index >= 15 is 0 Å². The highest BCUT2D eigenvalue weighted by Gasteiger charge is 2.23. The summed E-state index contributed by atoms with van der Waals surface area (Å²) in [5.41, 5.74) is 0.468. The average Bonchev–Trinajstić information content (AvgIpc) is 2.45. The van der Waals surface area contributed by atoms with Crippen molar-refractivity contribution in [2.75, 3.05) is 5.32 Å². The van der Waals surface area contributed by atoms with E-state index in [4.69, 9.17) is 4.74 Å². The first-order valence-corrected chi connectivity index (χ1v) is 8.08. The molecule has 2 rings (SSSR count). The maximum Gasteiger partial charge on any atom is 0.339 e. The Morgan fingerprint density at radius 2 is 1.83 bits per heavy atom. The van der Waals surface area contributed by atoms with Crippen LogP contribution in [-0.4, -0.2) is 27.4 Å². The molecule has 1 N–H and O–H groups in total. The molecule has 0 bridgehead atoms. The molecule has 1 aromatic carbocycles. The molecule has 1 amide bonds. The number of anilines is 1. The highest BCUT2D eigenvalue weighted by molar-refractivity contribution is 9.10. The Bertz CT molecular complexity index is 785. The third kappa shape index (κ3) is 4.86. The van der Waals surface area contributed by atoms with E-state index in [0.717, 1.165) is 5.69 Å². The molecule has 24 heavy (non-hydrogen) atoms. The van der Waals surface area contributed by atoms with Crippen molar-refractivity contribution in [1.82, 2.24) is 9.97 Å². The second-order valence-corrected chi connectivity index (χ2v) is 7.11. The van der Waals surface area contributed by atoms with Crippen molar-refractivity contribution in [2.45, 2.75) is 33.3 Å². The van der Waals surface area contributed by atoms with Gasteiger partial charge in [-0.05, 0) is 45.9 Å². The highest BCUT2D eigenvalue weighted by Crippen LogP contribution is 2.21. The first-order valence-electron chi connectivity index (χ1n) is 7.28. The number of benzene rings is 1. The van der Waals surface area contributed by atoms with Crippen molar-refractivity contribution in [3.63, 3.8) is 0 Å². The number of carbonyl (C=O) groups is 2. The maximum absolute atomic E-state index is 12.6. The van der Waals surface area contributed by atoms with Crippen LogP contribution in [0.15, 0.2) is 35.1 Å². The summed E-state index contributed by atoms with van der Waals surface area (Å²) >= 11 is 3.31. The minimum atomic E-state index is -0.651. The van der Waals surface area contributed by atoms with Gasteiger partial charge in [-0.25, -0.2) is 14.8 Å². The number of carbonyl (C=O) groups excluding carboxylic acids is 2. The van der Waals surface area contributed by atoms with Gasteiger partial charge in [0.05, 0.1) is 11.1 Å². The van der Waals surface area contributed by atoms with Crippen molar-refractivity contribution in [3.05, 3.63) is 51.9 Å². The number of aromatic nitrogens is 2. The van der Waals surface area contributed by atoms with Crippen LogP contribution in [0.1, 0.15) is 47.2 Å². The van der Waals surface area contributed by atoms with E-state index in [2.05, 4.69) is 31.2 Å². The van der Waals surface area contributed by atoms with Crippen LogP contribution in [0.25, 0.3) is 0 Å². The molecule has 1 heterocycles. The zero-order valence-corrected chi connectivity index (χ0v) is 15.5. The Hall–Kier alpha value is -2.28. The molecule has 0 unspecified atom stereocenters. The van der Waals surface area contributed by atoms with Gasteiger partial charge in [0.15, 0.2) is 0 Å². The molecule has 2 aromatic rings. The molecule has 0 radical (unpaired) electrons. The number of amides is 1. The van der Waals surface area contributed by atoms with Gasteiger partial charge < -0.3 is 10.1 Å².